The van der Waals surface area contributed by atoms with Gasteiger partial charge in [-0.15, -0.1) is 0 Å². The predicted molar refractivity (Wildman–Crippen MR) is 37.2 cm³/mol. The van der Waals surface area contributed by atoms with Crippen LogP contribution in [0.2, 0.25) is 0 Å². The summed E-state index contributed by atoms with van der Waals surface area (Å²) in [5.74, 6) is -0.122. The predicted octanol–water partition coefficient (Wildman–Crippen LogP) is 0.908. The zero-order valence-corrected chi connectivity index (χ0v) is 6.06. The van der Waals surface area contributed by atoms with E-state index in [1.807, 2.05) is 13.8 Å². The minimum atomic E-state index is -0.122. The molecule has 0 aliphatic carbocycles. The number of hydrazone groups is 1. The van der Waals surface area contributed by atoms with Gasteiger partial charge in [0.2, 0.25) is 5.91 Å². The Labute approximate surface area is 55.1 Å². The maximum absolute atomic E-state index is 10.2. The van der Waals surface area contributed by atoms with Gasteiger partial charge in [0.25, 0.3) is 0 Å². The summed E-state index contributed by atoms with van der Waals surface area (Å²) in [6.07, 6.45) is 0.875. The fourth-order valence-electron chi connectivity index (χ4n) is 0.253. The summed E-state index contributed by atoms with van der Waals surface area (Å²) in [5.41, 5.74) is 3.28. The van der Waals surface area contributed by atoms with Gasteiger partial charge in [0.15, 0.2) is 0 Å². The van der Waals surface area contributed by atoms with Crippen molar-refractivity contribution in [3.8, 4) is 0 Å². The summed E-state index contributed by atoms with van der Waals surface area (Å²) in [6.45, 7) is 5.29. The second-order valence-corrected chi connectivity index (χ2v) is 1.87. The summed E-state index contributed by atoms with van der Waals surface area (Å²) in [5, 5.41) is 3.76. The molecule has 1 amide bonds. The van der Waals surface area contributed by atoms with Crippen LogP contribution >= 0.6 is 0 Å². The Morgan fingerprint density at radius 3 is 2.44 bits per heavy atom. The standard InChI is InChI=1S/C6H12N2O/c1-4-5(2)7-8-6(3)9/h4H2,1-3H3,(H,8,9)/b7-5-. The monoisotopic (exact) mass is 128 g/mol. The fraction of sp³-hybridized carbons (Fsp3) is 0.667. The van der Waals surface area contributed by atoms with Gasteiger partial charge in [-0.3, -0.25) is 4.79 Å². The van der Waals surface area contributed by atoms with Crippen molar-refractivity contribution in [2.24, 2.45) is 5.10 Å². The third kappa shape index (κ3) is 5.00. The van der Waals surface area contributed by atoms with Gasteiger partial charge in [0.05, 0.1) is 0 Å². The molecular formula is C6H12N2O. The normalized spacial score (nSPS) is 11.2. The van der Waals surface area contributed by atoms with E-state index >= 15 is 0 Å². The first kappa shape index (κ1) is 8.14. The molecule has 0 unspecified atom stereocenters. The Balaban J connectivity index is 3.56. The lowest BCUT2D eigenvalue weighted by molar-refractivity contribution is -0.118. The molecular weight excluding hydrogens is 116 g/mol. The highest BCUT2D eigenvalue weighted by atomic mass is 16.2. The molecule has 0 aromatic heterocycles. The van der Waals surface area contributed by atoms with Crippen molar-refractivity contribution < 1.29 is 4.79 Å². The lowest BCUT2D eigenvalue weighted by Crippen LogP contribution is -2.14. The second kappa shape index (κ2) is 4.06. The van der Waals surface area contributed by atoms with Crippen molar-refractivity contribution in [3.05, 3.63) is 0 Å². The number of carbonyl (C=O) groups is 1. The second-order valence-electron chi connectivity index (χ2n) is 1.87. The summed E-state index contributed by atoms with van der Waals surface area (Å²) in [6, 6.07) is 0. The molecule has 0 aliphatic rings. The van der Waals surface area contributed by atoms with E-state index in [-0.39, 0.29) is 5.91 Å². The maximum atomic E-state index is 10.2. The number of hydrogen-bond acceptors (Lipinski definition) is 2. The van der Waals surface area contributed by atoms with Gasteiger partial charge >= 0.3 is 0 Å². The molecule has 0 bridgehead atoms. The molecule has 0 atom stereocenters. The smallest absolute Gasteiger partial charge is 0.236 e. The molecule has 52 valence electrons. The number of rotatable bonds is 2. The summed E-state index contributed by atoms with van der Waals surface area (Å²) < 4.78 is 0. The van der Waals surface area contributed by atoms with Crippen LogP contribution in [0.5, 0.6) is 0 Å². The Kier molecular flexibility index (Phi) is 3.67. The molecule has 0 fully saturated rings. The minimum absolute atomic E-state index is 0.122. The number of nitrogens with one attached hydrogen (secondary N) is 1. The SMILES string of the molecule is CC/C(C)=N\NC(C)=O. The van der Waals surface area contributed by atoms with Crippen molar-refractivity contribution in [2.75, 3.05) is 0 Å². The highest BCUT2D eigenvalue weighted by molar-refractivity contribution is 5.83. The number of hydrogen-bond donors (Lipinski definition) is 1. The van der Waals surface area contributed by atoms with Gasteiger partial charge in [0, 0.05) is 12.6 Å². The zero-order chi connectivity index (χ0) is 7.28. The van der Waals surface area contributed by atoms with E-state index in [1.165, 1.54) is 6.92 Å². The van der Waals surface area contributed by atoms with E-state index in [0.29, 0.717) is 0 Å². The Hall–Kier alpha value is -0.860. The van der Waals surface area contributed by atoms with Gasteiger partial charge < -0.3 is 0 Å². The van der Waals surface area contributed by atoms with Crippen LogP contribution < -0.4 is 5.43 Å². The highest BCUT2D eigenvalue weighted by Crippen LogP contribution is 1.79. The van der Waals surface area contributed by atoms with Crippen LogP contribution in [0.15, 0.2) is 5.10 Å². The Bertz CT molecular complexity index is 129. The Morgan fingerprint density at radius 1 is 1.56 bits per heavy atom. The first-order valence-corrected chi connectivity index (χ1v) is 2.96. The van der Waals surface area contributed by atoms with Crippen LogP contribution in [-0.4, -0.2) is 11.6 Å². The van der Waals surface area contributed by atoms with Gasteiger partial charge in [-0.1, -0.05) is 6.92 Å². The van der Waals surface area contributed by atoms with E-state index in [9.17, 15) is 4.79 Å². The molecule has 0 saturated heterocycles. The van der Waals surface area contributed by atoms with E-state index in [2.05, 4.69) is 10.5 Å². The molecule has 0 radical (unpaired) electrons. The molecule has 0 saturated carbocycles. The number of amides is 1. The number of nitrogens with zero attached hydrogens (tertiary/aromatic N) is 1. The molecule has 0 aliphatic heterocycles. The van der Waals surface area contributed by atoms with Crippen molar-refractivity contribution in [1.82, 2.24) is 5.43 Å². The van der Waals surface area contributed by atoms with E-state index in [0.717, 1.165) is 12.1 Å². The third-order valence-electron chi connectivity index (χ3n) is 0.916. The molecule has 3 nitrogen and oxygen atoms in total. The van der Waals surface area contributed by atoms with E-state index in [4.69, 9.17) is 0 Å². The average molecular weight is 128 g/mol. The van der Waals surface area contributed by atoms with Gasteiger partial charge in [-0.2, -0.15) is 5.10 Å². The first-order chi connectivity index (χ1) is 4.16. The van der Waals surface area contributed by atoms with Gasteiger partial charge in [-0.25, -0.2) is 5.43 Å². The Morgan fingerprint density at radius 2 is 2.11 bits per heavy atom. The molecule has 0 aromatic rings. The topological polar surface area (TPSA) is 41.5 Å². The van der Waals surface area contributed by atoms with Crippen molar-refractivity contribution in [1.29, 1.82) is 0 Å². The van der Waals surface area contributed by atoms with Crippen LogP contribution in [0.25, 0.3) is 0 Å². The molecule has 0 aromatic carbocycles. The van der Waals surface area contributed by atoms with Crippen LogP contribution in [0.3, 0.4) is 0 Å². The summed E-state index contributed by atoms with van der Waals surface area (Å²) in [7, 11) is 0. The van der Waals surface area contributed by atoms with Crippen LogP contribution in [0.1, 0.15) is 27.2 Å². The molecule has 9 heavy (non-hydrogen) atoms. The summed E-state index contributed by atoms with van der Waals surface area (Å²) >= 11 is 0. The largest absolute Gasteiger partial charge is 0.274 e. The molecule has 0 rings (SSSR count). The highest BCUT2D eigenvalue weighted by Gasteiger charge is 1.86. The van der Waals surface area contributed by atoms with E-state index < -0.39 is 0 Å². The van der Waals surface area contributed by atoms with Crippen molar-refractivity contribution >= 4 is 11.6 Å². The first-order valence-electron chi connectivity index (χ1n) is 2.96. The van der Waals surface area contributed by atoms with Crippen LogP contribution in [-0.2, 0) is 4.79 Å². The maximum Gasteiger partial charge on any atom is 0.236 e. The zero-order valence-electron chi connectivity index (χ0n) is 6.06. The minimum Gasteiger partial charge on any atom is -0.274 e. The molecule has 0 spiro atoms. The van der Waals surface area contributed by atoms with Crippen LogP contribution in [0.4, 0.5) is 0 Å². The fourth-order valence-corrected chi connectivity index (χ4v) is 0.253. The van der Waals surface area contributed by atoms with Crippen LogP contribution in [0, 0.1) is 0 Å². The molecule has 3 heteroatoms. The quantitative estimate of drug-likeness (QED) is 0.436. The third-order valence-corrected chi connectivity index (χ3v) is 0.916. The van der Waals surface area contributed by atoms with Gasteiger partial charge in [-0.05, 0) is 13.3 Å². The lowest BCUT2D eigenvalue weighted by atomic mass is 10.3. The van der Waals surface area contributed by atoms with Crippen molar-refractivity contribution in [3.63, 3.8) is 0 Å². The lowest BCUT2D eigenvalue weighted by Gasteiger charge is -1.93. The number of carbonyl (C=O) groups excluding carboxylic acids is 1. The van der Waals surface area contributed by atoms with E-state index in [1.54, 1.807) is 0 Å². The molecule has 1 N–H and O–H groups in total. The summed E-state index contributed by atoms with van der Waals surface area (Å²) in [4.78, 5) is 10.2. The molecule has 0 heterocycles. The van der Waals surface area contributed by atoms with Gasteiger partial charge in [0.1, 0.15) is 0 Å². The average Bonchev–Trinajstić information content (AvgIpc) is 1.83. The van der Waals surface area contributed by atoms with Crippen molar-refractivity contribution in [2.45, 2.75) is 27.2 Å².